The van der Waals surface area contributed by atoms with E-state index in [1.807, 2.05) is 18.7 Å². The molecule has 162 valence electrons. The van der Waals surface area contributed by atoms with Crippen LogP contribution in [0.2, 0.25) is 0 Å². The Bertz CT molecular complexity index is 929. The fraction of sp³-hybridized carbons (Fsp3) is 0.421. The molecule has 1 aromatic heterocycles. The lowest BCUT2D eigenvalue weighted by Gasteiger charge is -2.25. The van der Waals surface area contributed by atoms with Crippen molar-refractivity contribution in [3.8, 4) is 0 Å². The number of nitrogens with one attached hydrogen (secondary N) is 3. The van der Waals surface area contributed by atoms with Crippen molar-refractivity contribution in [3.63, 3.8) is 0 Å². The highest BCUT2D eigenvalue weighted by Gasteiger charge is 2.33. The lowest BCUT2D eigenvalue weighted by Crippen LogP contribution is -2.37. The Kier molecular flexibility index (Phi) is 6.61. The molecule has 7 nitrogen and oxygen atoms in total. The molecule has 0 aliphatic carbocycles. The zero-order valence-electron chi connectivity index (χ0n) is 16.5. The van der Waals surface area contributed by atoms with E-state index >= 15 is 0 Å². The summed E-state index contributed by atoms with van der Waals surface area (Å²) in [6, 6.07) is 4.55. The van der Waals surface area contributed by atoms with E-state index in [0.717, 1.165) is 16.6 Å². The lowest BCUT2D eigenvalue weighted by molar-refractivity contribution is -0.137. The molecule has 0 radical (unpaired) electrons. The summed E-state index contributed by atoms with van der Waals surface area (Å²) in [5, 5.41) is 8.25. The fourth-order valence-electron chi connectivity index (χ4n) is 3.06. The van der Waals surface area contributed by atoms with Crippen molar-refractivity contribution in [2.24, 2.45) is 0 Å². The van der Waals surface area contributed by atoms with E-state index in [1.54, 1.807) is 0 Å². The highest BCUT2D eigenvalue weighted by atomic mass is 32.1. The van der Waals surface area contributed by atoms with Crippen LogP contribution in [0.1, 0.15) is 30.0 Å². The Morgan fingerprint density at radius 3 is 2.67 bits per heavy atom. The molecule has 2 heterocycles. The number of halogens is 3. The van der Waals surface area contributed by atoms with Crippen LogP contribution in [0, 0.1) is 0 Å². The molecule has 3 rings (SSSR count). The molecule has 3 amide bonds. The predicted molar refractivity (Wildman–Crippen MR) is 108 cm³/mol. The molecule has 0 unspecified atom stereocenters. The van der Waals surface area contributed by atoms with Gasteiger partial charge in [-0.05, 0) is 26.0 Å². The zero-order chi connectivity index (χ0) is 21.9. The number of para-hydroxylation sites is 1. The van der Waals surface area contributed by atoms with Gasteiger partial charge in [0.15, 0.2) is 5.13 Å². The first-order valence-corrected chi connectivity index (χ1v) is 10.2. The smallest absolute Gasteiger partial charge is 0.336 e. The van der Waals surface area contributed by atoms with E-state index in [2.05, 4.69) is 20.9 Å². The summed E-state index contributed by atoms with van der Waals surface area (Å²) in [6.07, 6.45) is -3.95. The fourth-order valence-corrected chi connectivity index (χ4v) is 4.11. The van der Waals surface area contributed by atoms with E-state index in [9.17, 15) is 22.8 Å². The standard InChI is InChI=1S/C19H22F3N5O2S/c1-11(2)23-17(29)26-18-25-14-7-8-27(9-15(14)30-18)10-16(28)24-13-6-4-3-5-12(13)19(20,21)22/h3-6,11H,7-10H2,1-2H3,(H,24,28)(H2,23,25,26,29). The number of urea groups is 1. The molecule has 2 aromatic rings. The Balaban J connectivity index is 1.59. The van der Waals surface area contributed by atoms with Crippen LogP contribution in [-0.4, -0.2) is 41.0 Å². The number of amides is 3. The van der Waals surface area contributed by atoms with Gasteiger partial charge in [0, 0.05) is 30.4 Å². The van der Waals surface area contributed by atoms with Crippen molar-refractivity contribution in [3.05, 3.63) is 40.4 Å². The maximum atomic E-state index is 13.1. The molecule has 0 bridgehead atoms. The summed E-state index contributed by atoms with van der Waals surface area (Å²) in [6.45, 7) is 4.64. The Labute approximate surface area is 175 Å². The van der Waals surface area contributed by atoms with Gasteiger partial charge in [-0.2, -0.15) is 13.2 Å². The van der Waals surface area contributed by atoms with Crippen LogP contribution in [0.5, 0.6) is 0 Å². The second kappa shape index (κ2) is 9.00. The molecule has 1 aliphatic rings. The van der Waals surface area contributed by atoms with Crippen LogP contribution in [0.15, 0.2) is 24.3 Å². The average Bonchev–Trinajstić information content (AvgIpc) is 3.01. The van der Waals surface area contributed by atoms with Crippen molar-refractivity contribution >= 4 is 34.1 Å². The SMILES string of the molecule is CC(C)NC(=O)Nc1nc2c(s1)CN(CC(=O)Nc1ccccc1C(F)(F)F)CC2. The Morgan fingerprint density at radius 1 is 1.23 bits per heavy atom. The summed E-state index contributed by atoms with van der Waals surface area (Å²) in [4.78, 5) is 31.3. The molecular weight excluding hydrogens is 419 g/mol. The van der Waals surface area contributed by atoms with Gasteiger partial charge < -0.3 is 10.6 Å². The number of hydrogen-bond acceptors (Lipinski definition) is 5. The largest absolute Gasteiger partial charge is 0.418 e. The number of alkyl halides is 3. The summed E-state index contributed by atoms with van der Waals surface area (Å²) < 4.78 is 39.3. The van der Waals surface area contributed by atoms with Gasteiger partial charge >= 0.3 is 12.2 Å². The molecule has 1 aromatic carbocycles. The van der Waals surface area contributed by atoms with Crippen molar-refractivity contribution in [2.75, 3.05) is 23.7 Å². The highest BCUT2D eigenvalue weighted by molar-refractivity contribution is 7.15. The Morgan fingerprint density at radius 2 is 1.97 bits per heavy atom. The van der Waals surface area contributed by atoms with E-state index in [0.29, 0.717) is 24.6 Å². The Hall–Kier alpha value is -2.66. The van der Waals surface area contributed by atoms with Gasteiger partial charge in [0.25, 0.3) is 0 Å². The highest BCUT2D eigenvalue weighted by Crippen LogP contribution is 2.34. The van der Waals surface area contributed by atoms with E-state index in [1.165, 1.54) is 29.5 Å². The van der Waals surface area contributed by atoms with Crippen LogP contribution >= 0.6 is 11.3 Å². The normalized spacial score (nSPS) is 14.3. The topological polar surface area (TPSA) is 86.4 Å². The van der Waals surface area contributed by atoms with Gasteiger partial charge in [-0.3, -0.25) is 15.0 Å². The number of rotatable bonds is 5. The molecule has 0 spiro atoms. The summed E-state index contributed by atoms with van der Waals surface area (Å²) in [5.74, 6) is -0.519. The minimum Gasteiger partial charge on any atom is -0.336 e. The number of carbonyl (C=O) groups is 2. The summed E-state index contributed by atoms with van der Waals surface area (Å²) in [5.41, 5.74) is -0.274. The van der Waals surface area contributed by atoms with Gasteiger partial charge in [-0.15, -0.1) is 11.3 Å². The molecule has 0 saturated heterocycles. The first-order chi connectivity index (χ1) is 14.1. The molecule has 0 atom stereocenters. The van der Waals surface area contributed by atoms with Crippen LogP contribution in [-0.2, 0) is 23.9 Å². The van der Waals surface area contributed by atoms with Gasteiger partial charge in [0.05, 0.1) is 23.5 Å². The minimum atomic E-state index is -4.54. The number of hydrogen-bond donors (Lipinski definition) is 3. The second-order valence-electron chi connectivity index (χ2n) is 7.19. The van der Waals surface area contributed by atoms with Crippen LogP contribution in [0.3, 0.4) is 0 Å². The van der Waals surface area contributed by atoms with Crippen LogP contribution in [0.4, 0.5) is 28.8 Å². The maximum absolute atomic E-state index is 13.1. The first-order valence-electron chi connectivity index (χ1n) is 9.36. The van der Waals surface area contributed by atoms with Crippen LogP contribution in [0.25, 0.3) is 0 Å². The van der Waals surface area contributed by atoms with Crippen molar-refractivity contribution in [1.29, 1.82) is 0 Å². The number of anilines is 2. The quantitative estimate of drug-likeness (QED) is 0.661. The van der Waals surface area contributed by atoms with Gasteiger partial charge in [0.2, 0.25) is 5.91 Å². The lowest BCUT2D eigenvalue weighted by atomic mass is 10.1. The molecular formula is C19H22F3N5O2S. The van der Waals surface area contributed by atoms with E-state index in [-0.39, 0.29) is 24.3 Å². The molecule has 1 aliphatic heterocycles. The van der Waals surface area contributed by atoms with E-state index in [4.69, 9.17) is 0 Å². The number of fused-ring (bicyclic) bond motifs is 1. The minimum absolute atomic E-state index is 0.00364. The summed E-state index contributed by atoms with van der Waals surface area (Å²) >= 11 is 1.33. The van der Waals surface area contributed by atoms with Gasteiger partial charge in [-0.1, -0.05) is 12.1 Å². The van der Waals surface area contributed by atoms with Crippen molar-refractivity contribution < 1.29 is 22.8 Å². The first kappa shape index (κ1) is 22.0. The predicted octanol–water partition coefficient (Wildman–Crippen LogP) is 3.69. The second-order valence-corrected chi connectivity index (χ2v) is 8.28. The number of carbonyl (C=O) groups excluding carboxylic acids is 2. The third-order valence-corrected chi connectivity index (χ3v) is 5.32. The molecule has 30 heavy (non-hydrogen) atoms. The number of benzene rings is 1. The molecule has 3 N–H and O–H groups in total. The zero-order valence-corrected chi connectivity index (χ0v) is 17.3. The summed E-state index contributed by atoms with van der Waals surface area (Å²) in [7, 11) is 0. The van der Waals surface area contributed by atoms with E-state index < -0.39 is 17.6 Å². The van der Waals surface area contributed by atoms with Gasteiger partial charge in [0.1, 0.15) is 0 Å². The van der Waals surface area contributed by atoms with Crippen LogP contribution < -0.4 is 16.0 Å². The maximum Gasteiger partial charge on any atom is 0.418 e. The molecule has 0 fully saturated rings. The monoisotopic (exact) mass is 441 g/mol. The van der Waals surface area contributed by atoms with Crippen molar-refractivity contribution in [2.45, 2.75) is 39.0 Å². The number of thiazole rings is 1. The third kappa shape index (κ3) is 5.70. The molecule has 11 heteroatoms. The number of nitrogens with zero attached hydrogens (tertiary/aromatic N) is 2. The third-order valence-electron chi connectivity index (χ3n) is 4.32. The van der Waals surface area contributed by atoms with Gasteiger partial charge in [-0.25, -0.2) is 9.78 Å². The van der Waals surface area contributed by atoms with Crippen molar-refractivity contribution in [1.82, 2.24) is 15.2 Å². The number of aromatic nitrogens is 1. The molecule has 0 saturated carbocycles. The average molecular weight is 441 g/mol.